The van der Waals surface area contributed by atoms with Gasteiger partial charge in [0.2, 0.25) is 0 Å². The van der Waals surface area contributed by atoms with Gasteiger partial charge in [-0.25, -0.2) is 9.37 Å². The molecule has 0 aliphatic carbocycles. The van der Waals surface area contributed by atoms with E-state index in [4.69, 9.17) is 0 Å². The number of aromatic nitrogens is 1. The molecule has 0 unspecified atom stereocenters. The number of carbonyl (C=O) groups is 1. The number of halogens is 5. The Balaban J connectivity index is 2.26. The summed E-state index contributed by atoms with van der Waals surface area (Å²) in [7, 11) is 0. The molecule has 1 N–H and O–H groups in total. The lowest BCUT2D eigenvalue weighted by atomic mass is 10.2. The zero-order valence-electron chi connectivity index (χ0n) is 10.2. The SMILES string of the molecule is O=C(Nc1cc(C(F)(F)F)ccc1Br)c1ccc(F)cn1. The maximum absolute atomic E-state index is 12.7. The molecule has 1 amide bonds. The number of carbonyl (C=O) groups excluding carboxylic acids is 1. The van der Waals surface area contributed by atoms with Crippen LogP contribution in [0.15, 0.2) is 41.0 Å². The smallest absolute Gasteiger partial charge is 0.320 e. The number of nitrogens with one attached hydrogen (secondary N) is 1. The highest BCUT2D eigenvalue weighted by Crippen LogP contribution is 2.34. The van der Waals surface area contributed by atoms with Gasteiger partial charge >= 0.3 is 6.18 Å². The molecule has 1 heterocycles. The fraction of sp³-hybridized carbons (Fsp3) is 0.0769. The van der Waals surface area contributed by atoms with Crippen molar-refractivity contribution >= 4 is 27.5 Å². The lowest BCUT2D eigenvalue weighted by Crippen LogP contribution is -2.15. The molecule has 0 radical (unpaired) electrons. The zero-order chi connectivity index (χ0) is 15.6. The van der Waals surface area contributed by atoms with Gasteiger partial charge in [0, 0.05) is 4.47 Å². The zero-order valence-corrected chi connectivity index (χ0v) is 11.8. The third-order valence-electron chi connectivity index (χ3n) is 2.50. The molecule has 1 aromatic heterocycles. The topological polar surface area (TPSA) is 42.0 Å². The fourth-order valence-corrected chi connectivity index (χ4v) is 1.84. The highest BCUT2D eigenvalue weighted by Gasteiger charge is 2.31. The van der Waals surface area contributed by atoms with Gasteiger partial charge in [0.1, 0.15) is 11.5 Å². The van der Waals surface area contributed by atoms with Crippen molar-refractivity contribution in [3.05, 3.63) is 58.1 Å². The van der Waals surface area contributed by atoms with Gasteiger partial charge in [-0.05, 0) is 46.3 Å². The molecule has 2 rings (SSSR count). The minimum Gasteiger partial charge on any atom is -0.320 e. The Bertz CT molecular complexity index is 671. The first-order valence-electron chi connectivity index (χ1n) is 5.57. The molecule has 0 aliphatic heterocycles. The molecule has 2 aromatic rings. The third kappa shape index (κ3) is 3.78. The Morgan fingerprint density at radius 2 is 1.90 bits per heavy atom. The fourth-order valence-electron chi connectivity index (χ4n) is 1.49. The number of anilines is 1. The lowest BCUT2D eigenvalue weighted by Gasteiger charge is -2.11. The Morgan fingerprint density at radius 1 is 1.19 bits per heavy atom. The van der Waals surface area contributed by atoms with Crippen molar-refractivity contribution in [2.24, 2.45) is 0 Å². The quantitative estimate of drug-likeness (QED) is 0.811. The van der Waals surface area contributed by atoms with Gasteiger partial charge in [0.15, 0.2) is 0 Å². The molecule has 110 valence electrons. The number of alkyl halides is 3. The van der Waals surface area contributed by atoms with E-state index in [-0.39, 0.29) is 15.9 Å². The number of pyridine rings is 1. The van der Waals surface area contributed by atoms with Crippen LogP contribution in [-0.4, -0.2) is 10.9 Å². The van der Waals surface area contributed by atoms with E-state index in [2.05, 4.69) is 26.2 Å². The molecular weight excluding hydrogens is 356 g/mol. The molecule has 0 saturated heterocycles. The van der Waals surface area contributed by atoms with E-state index in [1.54, 1.807) is 0 Å². The first-order chi connectivity index (χ1) is 9.77. The number of rotatable bonds is 2. The number of nitrogens with zero attached hydrogens (tertiary/aromatic N) is 1. The van der Waals surface area contributed by atoms with Crippen LogP contribution < -0.4 is 5.32 Å². The predicted octanol–water partition coefficient (Wildman–Crippen LogP) is 4.25. The summed E-state index contributed by atoms with van der Waals surface area (Å²) in [6.45, 7) is 0. The van der Waals surface area contributed by atoms with Gasteiger partial charge in [-0.15, -0.1) is 0 Å². The van der Waals surface area contributed by atoms with E-state index in [9.17, 15) is 22.4 Å². The minimum absolute atomic E-state index is 0.0547. The monoisotopic (exact) mass is 362 g/mol. The normalized spacial score (nSPS) is 11.3. The minimum atomic E-state index is -4.52. The Labute approximate surface area is 125 Å². The van der Waals surface area contributed by atoms with Gasteiger partial charge in [-0.2, -0.15) is 13.2 Å². The molecule has 0 atom stereocenters. The Hall–Kier alpha value is -1.96. The van der Waals surface area contributed by atoms with E-state index in [0.29, 0.717) is 0 Å². The van der Waals surface area contributed by atoms with Crippen molar-refractivity contribution in [1.29, 1.82) is 0 Å². The molecule has 0 bridgehead atoms. The van der Waals surface area contributed by atoms with Gasteiger partial charge in [-0.3, -0.25) is 4.79 Å². The van der Waals surface area contributed by atoms with E-state index in [1.807, 2.05) is 0 Å². The molecule has 0 fully saturated rings. The number of benzene rings is 1. The standard InChI is InChI=1S/C13H7BrF4N2O/c14-9-3-1-7(13(16,17)18)5-11(9)20-12(21)10-4-2-8(15)6-19-10/h1-6H,(H,20,21). The maximum Gasteiger partial charge on any atom is 0.416 e. The summed E-state index contributed by atoms with van der Waals surface area (Å²) in [4.78, 5) is 15.4. The second kappa shape index (κ2) is 5.80. The van der Waals surface area contributed by atoms with Crippen LogP contribution >= 0.6 is 15.9 Å². The van der Waals surface area contributed by atoms with Gasteiger partial charge in [-0.1, -0.05) is 0 Å². The molecular formula is C13H7BrF4N2O. The van der Waals surface area contributed by atoms with E-state index < -0.39 is 23.5 Å². The molecule has 0 aliphatic rings. The number of hydrogen-bond acceptors (Lipinski definition) is 2. The van der Waals surface area contributed by atoms with Crippen LogP contribution in [0.3, 0.4) is 0 Å². The van der Waals surface area contributed by atoms with Gasteiger partial charge in [0.05, 0.1) is 17.4 Å². The largest absolute Gasteiger partial charge is 0.416 e. The summed E-state index contributed by atoms with van der Waals surface area (Å²) >= 11 is 3.05. The van der Waals surface area contributed by atoms with Crippen LogP contribution in [0.1, 0.15) is 16.1 Å². The first-order valence-corrected chi connectivity index (χ1v) is 6.36. The highest BCUT2D eigenvalue weighted by atomic mass is 79.9. The molecule has 3 nitrogen and oxygen atoms in total. The van der Waals surface area contributed by atoms with Crippen LogP contribution in [0, 0.1) is 5.82 Å². The van der Waals surface area contributed by atoms with Crippen LogP contribution in [0.5, 0.6) is 0 Å². The van der Waals surface area contributed by atoms with Gasteiger partial charge in [0.25, 0.3) is 5.91 Å². The third-order valence-corrected chi connectivity index (χ3v) is 3.19. The van der Waals surface area contributed by atoms with Crippen molar-refractivity contribution in [3.63, 3.8) is 0 Å². The van der Waals surface area contributed by atoms with Gasteiger partial charge < -0.3 is 5.32 Å². The van der Waals surface area contributed by atoms with Crippen molar-refractivity contribution < 1.29 is 22.4 Å². The van der Waals surface area contributed by atoms with Crippen molar-refractivity contribution in [2.75, 3.05) is 5.32 Å². The second-order valence-corrected chi connectivity index (χ2v) is 4.86. The summed E-state index contributed by atoms with van der Waals surface area (Å²) in [6.07, 6.45) is -3.68. The number of hydrogen-bond donors (Lipinski definition) is 1. The van der Waals surface area contributed by atoms with Crippen molar-refractivity contribution in [2.45, 2.75) is 6.18 Å². The molecule has 1 aromatic carbocycles. The molecule has 0 saturated carbocycles. The summed E-state index contributed by atoms with van der Waals surface area (Å²) < 4.78 is 50.8. The lowest BCUT2D eigenvalue weighted by molar-refractivity contribution is -0.137. The average molecular weight is 363 g/mol. The summed E-state index contributed by atoms with van der Waals surface area (Å²) in [5, 5.41) is 2.29. The number of amides is 1. The Morgan fingerprint density at radius 3 is 2.48 bits per heavy atom. The second-order valence-electron chi connectivity index (χ2n) is 4.01. The summed E-state index contributed by atoms with van der Waals surface area (Å²) in [6, 6.07) is 5.02. The molecule has 8 heteroatoms. The van der Waals surface area contributed by atoms with E-state index in [0.717, 1.165) is 30.5 Å². The first kappa shape index (κ1) is 15.4. The molecule has 0 spiro atoms. The van der Waals surface area contributed by atoms with Crippen molar-refractivity contribution in [3.8, 4) is 0 Å². The summed E-state index contributed by atoms with van der Waals surface area (Å²) in [5.74, 6) is -1.36. The maximum atomic E-state index is 12.7. The highest BCUT2D eigenvalue weighted by molar-refractivity contribution is 9.10. The Kier molecular flexibility index (Phi) is 4.26. The van der Waals surface area contributed by atoms with Crippen LogP contribution in [0.4, 0.5) is 23.2 Å². The average Bonchev–Trinajstić information content (AvgIpc) is 2.40. The van der Waals surface area contributed by atoms with E-state index in [1.165, 1.54) is 6.07 Å². The predicted molar refractivity (Wildman–Crippen MR) is 71.3 cm³/mol. The van der Waals surface area contributed by atoms with Crippen LogP contribution in [0.25, 0.3) is 0 Å². The van der Waals surface area contributed by atoms with Crippen LogP contribution in [0.2, 0.25) is 0 Å². The van der Waals surface area contributed by atoms with E-state index >= 15 is 0 Å². The molecule has 21 heavy (non-hydrogen) atoms. The van der Waals surface area contributed by atoms with Crippen molar-refractivity contribution in [1.82, 2.24) is 4.98 Å². The summed E-state index contributed by atoms with van der Waals surface area (Å²) in [5.41, 5.74) is -1.06. The van der Waals surface area contributed by atoms with Crippen LogP contribution in [-0.2, 0) is 6.18 Å².